The lowest BCUT2D eigenvalue weighted by Gasteiger charge is -2.10. The van der Waals surface area contributed by atoms with Gasteiger partial charge in [-0.05, 0) is 31.0 Å². The number of aromatic nitrogens is 4. The van der Waals surface area contributed by atoms with Gasteiger partial charge in [-0.3, -0.25) is 19.1 Å². The van der Waals surface area contributed by atoms with Crippen molar-refractivity contribution < 1.29 is 9.18 Å². The van der Waals surface area contributed by atoms with E-state index in [4.69, 9.17) is 5.73 Å². The molecule has 0 atom stereocenters. The SMILES string of the molecule is Nc1c(C(=O)CSc2nnc(Nc3cccc(F)c3)s2)c(=O)[nH]c(=O)n1C1CC1. The fraction of sp³-hybridized carbons (Fsp3) is 0.235. The molecular formula is C17H15FN6O3S2. The Hall–Kier alpha value is -2.99. The molecule has 9 nitrogen and oxygen atoms in total. The minimum atomic E-state index is -0.791. The molecular weight excluding hydrogens is 419 g/mol. The fourth-order valence-corrected chi connectivity index (χ4v) is 4.38. The fourth-order valence-electron chi connectivity index (χ4n) is 2.74. The molecule has 0 amide bonds. The number of nitrogen functional groups attached to an aromatic ring is 1. The highest BCUT2D eigenvalue weighted by Crippen LogP contribution is 2.35. The summed E-state index contributed by atoms with van der Waals surface area (Å²) < 4.78 is 15.0. The van der Waals surface area contributed by atoms with Gasteiger partial charge in [0, 0.05) is 11.7 Å². The Balaban J connectivity index is 1.46. The number of hydrogen-bond donors (Lipinski definition) is 3. The summed E-state index contributed by atoms with van der Waals surface area (Å²) in [6.45, 7) is 0. The van der Waals surface area contributed by atoms with E-state index in [-0.39, 0.29) is 29.0 Å². The van der Waals surface area contributed by atoms with Crippen molar-refractivity contribution >= 4 is 45.5 Å². The first-order valence-electron chi connectivity index (χ1n) is 8.59. The number of aromatic amines is 1. The predicted octanol–water partition coefficient (Wildman–Crippen LogP) is 2.16. The maximum atomic E-state index is 13.2. The molecule has 2 heterocycles. The number of benzene rings is 1. The zero-order valence-electron chi connectivity index (χ0n) is 14.8. The molecule has 0 radical (unpaired) electrons. The van der Waals surface area contributed by atoms with Gasteiger partial charge in [-0.1, -0.05) is 29.2 Å². The zero-order chi connectivity index (χ0) is 20.5. The van der Waals surface area contributed by atoms with Gasteiger partial charge in [-0.25, -0.2) is 9.18 Å². The Morgan fingerprint density at radius 3 is 2.90 bits per heavy atom. The average Bonchev–Trinajstić information content (AvgIpc) is 3.38. The summed E-state index contributed by atoms with van der Waals surface area (Å²) in [7, 11) is 0. The number of ketones is 1. The molecule has 0 saturated heterocycles. The second-order valence-corrected chi connectivity index (χ2v) is 8.54. The lowest BCUT2D eigenvalue weighted by molar-refractivity contribution is 0.102. The highest BCUT2D eigenvalue weighted by molar-refractivity contribution is 8.01. The number of nitrogens with zero attached hydrogens (tertiary/aromatic N) is 3. The number of thioether (sulfide) groups is 1. The maximum absolute atomic E-state index is 13.2. The van der Waals surface area contributed by atoms with Crippen LogP contribution < -0.4 is 22.3 Å². The molecule has 1 aliphatic carbocycles. The summed E-state index contributed by atoms with van der Waals surface area (Å²) in [5.41, 5.74) is 4.86. The van der Waals surface area contributed by atoms with E-state index in [2.05, 4.69) is 20.5 Å². The van der Waals surface area contributed by atoms with Crippen molar-refractivity contribution in [3.63, 3.8) is 0 Å². The minimum absolute atomic E-state index is 0.0711. The highest BCUT2D eigenvalue weighted by atomic mass is 32.2. The zero-order valence-corrected chi connectivity index (χ0v) is 16.5. The lowest BCUT2D eigenvalue weighted by Crippen LogP contribution is -2.36. The third kappa shape index (κ3) is 4.22. The summed E-state index contributed by atoms with van der Waals surface area (Å²) in [5, 5.41) is 11.3. The van der Waals surface area contributed by atoms with E-state index >= 15 is 0 Å². The minimum Gasteiger partial charge on any atom is -0.384 e. The smallest absolute Gasteiger partial charge is 0.330 e. The molecule has 0 unspecified atom stereocenters. The number of anilines is 3. The van der Waals surface area contributed by atoms with Crippen LogP contribution in [0.1, 0.15) is 29.2 Å². The molecule has 12 heteroatoms. The van der Waals surface area contributed by atoms with Crippen molar-refractivity contribution in [1.29, 1.82) is 0 Å². The highest BCUT2D eigenvalue weighted by Gasteiger charge is 2.30. The third-order valence-corrected chi connectivity index (χ3v) is 6.15. The van der Waals surface area contributed by atoms with Crippen molar-refractivity contribution in [2.45, 2.75) is 23.2 Å². The van der Waals surface area contributed by atoms with Crippen molar-refractivity contribution in [1.82, 2.24) is 19.7 Å². The molecule has 3 aromatic rings. The van der Waals surface area contributed by atoms with Gasteiger partial charge in [0.25, 0.3) is 5.56 Å². The Bertz CT molecular complexity index is 1200. The topological polar surface area (TPSA) is 136 Å². The van der Waals surface area contributed by atoms with Crippen LogP contribution in [-0.4, -0.2) is 31.3 Å². The molecule has 4 rings (SSSR count). The van der Waals surface area contributed by atoms with E-state index in [0.29, 0.717) is 15.2 Å². The van der Waals surface area contributed by atoms with Crippen molar-refractivity contribution in [2.75, 3.05) is 16.8 Å². The van der Waals surface area contributed by atoms with Gasteiger partial charge in [0.2, 0.25) is 5.13 Å². The van der Waals surface area contributed by atoms with Gasteiger partial charge < -0.3 is 11.1 Å². The van der Waals surface area contributed by atoms with E-state index in [1.54, 1.807) is 12.1 Å². The molecule has 0 spiro atoms. The summed E-state index contributed by atoms with van der Waals surface area (Å²) in [5.74, 6) is -1.07. The molecule has 1 aliphatic rings. The van der Waals surface area contributed by atoms with Gasteiger partial charge >= 0.3 is 5.69 Å². The number of H-pyrrole nitrogens is 1. The van der Waals surface area contributed by atoms with Crippen LogP contribution in [0.2, 0.25) is 0 Å². The third-order valence-electron chi connectivity index (χ3n) is 4.18. The van der Waals surface area contributed by atoms with Crippen LogP contribution in [0.5, 0.6) is 0 Å². The van der Waals surface area contributed by atoms with Crippen LogP contribution in [0.15, 0.2) is 38.2 Å². The van der Waals surface area contributed by atoms with Crippen LogP contribution in [-0.2, 0) is 0 Å². The maximum Gasteiger partial charge on any atom is 0.330 e. The van der Waals surface area contributed by atoms with Gasteiger partial charge in [0.1, 0.15) is 17.2 Å². The Labute approximate surface area is 171 Å². The summed E-state index contributed by atoms with van der Waals surface area (Å²) in [6.07, 6.45) is 1.56. The predicted molar refractivity (Wildman–Crippen MR) is 109 cm³/mol. The second kappa shape index (κ2) is 7.79. The van der Waals surface area contributed by atoms with Gasteiger partial charge in [-0.2, -0.15) is 0 Å². The van der Waals surface area contributed by atoms with Crippen LogP contribution in [0.4, 0.5) is 21.0 Å². The lowest BCUT2D eigenvalue weighted by atomic mass is 10.2. The number of nitrogens with one attached hydrogen (secondary N) is 2. The Kier molecular flexibility index (Phi) is 5.20. The molecule has 29 heavy (non-hydrogen) atoms. The monoisotopic (exact) mass is 434 g/mol. The summed E-state index contributed by atoms with van der Waals surface area (Å²) in [6, 6.07) is 5.83. The summed E-state index contributed by atoms with van der Waals surface area (Å²) >= 11 is 2.28. The number of carbonyl (C=O) groups is 1. The Morgan fingerprint density at radius 2 is 2.17 bits per heavy atom. The molecule has 150 valence electrons. The van der Waals surface area contributed by atoms with E-state index < -0.39 is 17.0 Å². The van der Waals surface area contributed by atoms with E-state index in [1.807, 2.05) is 0 Å². The van der Waals surface area contributed by atoms with Crippen molar-refractivity contribution in [3.05, 3.63) is 56.5 Å². The molecule has 0 aliphatic heterocycles. The standard InChI is InChI=1S/C17H15FN6O3S2/c18-8-2-1-3-9(6-8)20-15-22-23-17(29-15)28-7-11(25)12-13(19)24(10-4-5-10)16(27)21-14(12)26/h1-3,6,10H,4-5,7,19H2,(H,20,22)(H,21,26,27). The van der Waals surface area contributed by atoms with E-state index in [9.17, 15) is 18.8 Å². The number of Topliss-reactive ketones (excluding diaryl/α,β-unsaturated/α-hetero) is 1. The largest absolute Gasteiger partial charge is 0.384 e. The first-order valence-corrected chi connectivity index (χ1v) is 10.4. The van der Waals surface area contributed by atoms with Crippen LogP contribution in [0.25, 0.3) is 0 Å². The Morgan fingerprint density at radius 1 is 1.38 bits per heavy atom. The van der Waals surface area contributed by atoms with Crippen LogP contribution >= 0.6 is 23.1 Å². The molecule has 1 fully saturated rings. The van der Waals surface area contributed by atoms with E-state index in [0.717, 1.165) is 24.6 Å². The van der Waals surface area contributed by atoms with E-state index in [1.165, 1.54) is 28.0 Å². The van der Waals surface area contributed by atoms with Crippen LogP contribution in [0, 0.1) is 5.82 Å². The first-order chi connectivity index (χ1) is 13.9. The van der Waals surface area contributed by atoms with Gasteiger partial charge in [0.15, 0.2) is 10.1 Å². The first kappa shape index (κ1) is 19.3. The number of rotatable bonds is 7. The second-order valence-electron chi connectivity index (χ2n) is 6.34. The number of halogens is 1. The normalized spacial score (nSPS) is 13.4. The average molecular weight is 434 g/mol. The van der Waals surface area contributed by atoms with Gasteiger partial charge in [-0.15, -0.1) is 10.2 Å². The van der Waals surface area contributed by atoms with Crippen molar-refractivity contribution in [2.24, 2.45) is 0 Å². The van der Waals surface area contributed by atoms with Gasteiger partial charge in [0.05, 0.1) is 5.75 Å². The number of carbonyl (C=O) groups excluding carboxylic acids is 1. The number of hydrogen-bond acceptors (Lipinski definition) is 9. The van der Waals surface area contributed by atoms with Crippen molar-refractivity contribution in [3.8, 4) is 0 Å². The number of nitrogens with two attached hydrogens (primary N) is 1. The quantitative estimate of drug-likeness (QED) is 0.380. The molecule has 1 saturated carbocycles. The molecule has 0 bridgehead atoms. The molecule has 4 N–H and O–H groups in total. The summed E-state index contributed by atoms with van der Waals surface area (Å²) in [4.78, 5) is 38.8. The van der Waals surface area contributed by atoms with Crippen LogP contribution in [0.3, 0.4) is 0 Å². The molecule has 2 aromatic heterocycles. The molecule has 1 aromatic carbocycles.